The molecule has 0 atom stereocenters. The van der Waals surface area contributed by atoms with E-state index in [2.05, 4.69) is 14.7 Å². The molecule has 6 nitrogen and oxygen atoms in total. The van der Waals surface area contributed by atoms with Crippen molar-refractivity contribution in [2.45, 2.75) is 11.8 Å². The lowest BCUT2D eigenvalue weighted by atomic mass is 10.2. The Morgan fingerprint density at radius 2 is 1.90 bits per heavy atom. The summed E-state index contributed by atoms with van der Waals surface area (Å²) in [6, 6.07) is 8.92. The highest BCUT2D eigenvalue weighted by molar-refractivity contribution is 7.92. The molecule has 0 aliphatic heterocycles. The predicted molar refractivity (Wildman–Crippen MR) is 73.7 cm³/mol. The van der Waals surface area contributed by atoms with E-state index in [4.69, 9.17) is 16.9 Å². The molecule has 1 N–H and O–H groups in total. The summed E-state index contributed by atoms with van der Waals surface area (Å²) in [5, 5.41) is 8.83. The van der Waals surface area contributed by atoms with Gasteiger partial charge in [-0.3, -0.25) is 0 Å². The average molecular weight is 309 g/mol. The first-order valence-corrected chi connectivity index (χ1v) is 7.31. The smallest absolute Gasteiger partial charge is 0.247 e. The minimum Gasteiger partial charge on any atom is -0.247 e. The van der Waals surface area contributed by atoms with Gasteiger partial charge in [-0.1, -0.05) is 11.6 Å². The number of hydrogen-bond donors (Lipinski definition) is 1. The number of halogens is 1. The highest BCUT2D eigenvalue weighted by Gasteiger charge is 2.16. The number of benzene rings is 1. The fourth-order valence-corrected chi connectivity index (χ4v) is 2.65. The van der Waals surface area contributed by atoms with Crippen LogP contribution in [0.1, 0.15) is 11.3 Å². The van der Waals surface area contributed by atoms with E-state index in [0.717, 1.165) is 0 Å². The molecule has 0 aliphatic rings. The molecule has 0 amide bonds. The van der Waals surface area contributed by atoms with Crippen molar-refractivity contribution in [1.29, 1.82) is 5.26 Å². The molecule has 0 saturated heterocycles. The molecule has 0 saturated carbocycles. The number of nitriles is 1. The van der Waals surface area contributed by atoms with Gasteiger partial charge in [0, 0.05) is 5.69 Å². The number of sulfonamides is 1. The lowest BCUT2D eigenvalue weighted by Crippen LogP contribution is -2.15. The molecule has 0 unspecified atom stereocenters. The van der Waals surface area contributed by atoms with Crippen LogP contribution in [0.4, 0.5) is 5.95 Å². The standard InChI is InChI=1S/C12H9ClN4O2S/c1-8-6-11(13)16-12(15-8)17-20(18,19)10-4-2-9(7-14)3-5-10/h2-6H,1H3,(H,15,16,17). The summed E-state index contributed by atoms with van der Waals surface area (Å²) < 4.78 is 26.4. The van der Waals surface area contributed by atoms with E-state index >= 15 is 0 Å². The third-order valence-electron chi connectivity index (χ3n) is 2.34. The Hall–Kier alpha value is -2.17. The number of hydrogen-bond acceptors (Lipinski definition) is 5. The van der Waals surface area contributed by atoms with Gasteiger partial charge in [0.1, 0.15) is 5.15 Å². The van der Waals surface area contributed by atoms with Crippen molar-refractivity contribution >= 4 is 27.6 Å². The molecule has 0 aliphatic carbocycles. The van der Waals surface area contributed by atoms with Gasteiger partial charge in [-0.25, -0.2) is 23.1 Å². The normalized spacial score (nSPS) is 10.8. The number of aromatic nitrogens is 2. The molecule has 0 radical (unpaired) electrons. The first-order chi connectivity index (χ1) is 9.40. The maximum Gasteiger partial charge on any atom is 0.264 e. The summed E-state index contributed by atoms with van der Waals surface area (Å²) in [4.78, 5) is 7.74. The summed E-state index contributed by atoms with van der Waals surface area (Å²) >= 11 is 5.74. The number of nitrogens with one attached hydrogen (secondary N) is 1. The minimum absolute atomic E-state index is 0.0118. The van der Waals surface area contributed by atoms with Crippen molar-refractivity contribution < 1.29 is 8.42 Å². The summed E-state index contributed by atoms with van der Waals surface area (Å²) in [6.07, 6.45) is 0. The first kappa shape index (κ1) is 14.2. The average Bonchev–Trinajstić information content (AvgIpc) is 2.37. The van der Waals surface area contributed by atoms with Crippen LogP contribution in [-0.2, 0) is 10.0 Å². The summed E-state index contributed by atoms with van der Waals surface area (Å²) in [6.45, 7) is 1.67. The minimum atomic E-state index is -3.81. The second-order valence-electron chi connectivity index (χ2n) is 3.90. The van der Waals surface area contributed by atoms with Gasteiger partial charge >= 0.3 is 0 Å². The van der Waals surface area contributed by atoms with Gasteiger partial charge in [-0.05, 0) is 37.3 Å². The molecule has 102 valence electrons. The van der Waals surface area contributed by atoms with Crippen LogP contribution in [0.5, 0.6) is 0 Å². The summed E-state index contributed by atoms with van der Waals surface area (Å²) in [5.41, 5.74) is 0.918. The zero-order valence-corrected chi connectivity index (χ0v) is 11.9. The van der Waals surface area contributed by atoms with Crippen molar-refractivity contribution in [2.24, 2.45) is 0 Å². The van der Waals surface area contributed by atoms with Crippen molar-refractivity contribution in [3.63, 3.8) is 0 Å². The third kappa shape index (κ3) is 3.23. The Kier molecular flexibility index (Phi) is 3.88. The molecule has 0 bridgehead atoms. The van der Waals surface area contributed by atoms with Gasteiger partial charge in [-0.2, -0.15) is 5.26 Å². The van der Waals surface area contributed by atoms with Crippen molar-refractivity contribution in [1.82, 2.24) is 9.97 Å². The molecule has 0 fully saturated rings. The highest BCUT2D eigenvalue weighted by atomic mass is 35.5. The molecule has 0 spiro atoms. The monoisotopic (exact) mass is 308 g/mol. The Balaban J connectivity index is 2.33. The van der Waals surface area contributed by atoms with Crippen LogP contribution >= 0.6 is 11.6 Å². The predicted octanol–water partition coefficient (Wildman–Crippen LogP) is 2.11. The molecule has 2 aromatic rings. The quantitative estimate of drug-likeness (QED) is 0.876. The summed E-state index contributed by atoms with van der Waals surface area (Å²) in [7, 11) is -3.81. The van der Waals surface area contributed by atoms with E-state index < -0.39 is 10.0 Å². The second-order valence-corrected chi connectivity index (χ2v) is 5.97. The van der Waals surface area contributed by atoms with Crippen LogP contribution in [0, 0.1) is 18.3 Å². The Bertz CT molecular complexity index is 762. The molecular weight excluding hydrogens is 300 g/mol. The van der Waals surface area contributed by atoms with E-state index in [9.17, 15) is 8.42 Å². The Morgan fingerprint density at radius 1 is 1.25 bits per heavy atom. The molecule has 1 aromatic heterocycles. The van der Waals surface area contributed by atoms with Crippen LogP contribution in [-0.4, -0.2) is 18.4 Å². The van der Waals surface area contributed by atoms with Crippen molar-refractivity contribution in [3.8, 4) is 6.07 Å². The van der Waals surface area contributed by atoms with E-state index in [1.54, 1.807) is 6.92 Å². The zero-order valence-electron chi connectivity index (χ0n) is 10.3. The van der Waals surface area contributed by atoms with E-state index in [-0.39, 0.29) is 16.0 Å². The lowest BCUT2D eigenvalue weighted by molar-refractivity contribution is 0.601. The topological polar surface area (TPSA) is 95.7 Å². The third-order valence-corrected chi connectivity index (χ3v) is 3.88. The number of anilines is 1. The van der Waals surface area contributed by atoms with Crippen LogP contribution in [0.25, 0.3) is 0 Å². The fourth-order valence-electron chi connectivity index (χ4n) is 1.46. The fraction of sp³-hybridized carbons (Fsp3) is 0.0833. The van der Waals surface area contributed by atoms with Crippen molar-refractivity contribution in [2.75, 3.05) is 4.72 Å². The van der Waals surface area contributed by atoms with E-state index in [1.165, 1.54) is 30.3 Å². The van der Waals surface area contributed by atoms with Gasteiger partial charge in [0.25, 0.3) is 10.0 Å². The summed E-state index contributed by atoms with van der Waals surface area (Å²) in [5.74, 6) is -0.0978. The lowest BCUT2D eigenvalue weighted by Gasteiger charge is -2.07. The molecule has 2 rings (SSSR count). The van der Waals surface area contributed by atoms with Crippen LogP contribution in [0.3, 0.4) is 0 Å². The molecule has 20 heavy (non-hydrogen) atoms. The zero-order chi connectivity index (χ0) is 14.8. The number of rotatable bonds is 3. The number of aryl methyl sites for hydroxylation is 1. The molecular formula is C12H9ClN4O2S. The van der Waals surface area contributed by atoms with Crippen molar-refractivity contribution in [3.05, 3.63) is 46.7 Å². The maximum absolute atomic E-state index is 12.1. The van der Waals surface area contributed by atoms with Gasteiger partial charge in [-0.15, -0.1) is 0 Å². The Labute approximate surface area is 121 Å². The van der Waals surface area contributed by atoms with E-state index in [0.29, 0.717) is 11.3 Å². The van der Waals surface area contributed by atoms with Gasteiger partial charge in [0.2, 0.25) is 5.95 Å². The molecule has 1 aromatic carbocycles. The van der Waals surface area contributed by atoms with Gasteiger partial charge in [0.15, 0.2) is 0 Å². The van der Waals surface area contributed by atoms with E-state index in [1.807, 2.05) is 6.07 Å². The van der Waals surface area contributed by atoms with Gasteiger partial charge in [0.05, 0.1) is 16.5 Å². The van der Waals surface area contributed by atoms with Crippen LogP contribution in [0.15, 0.2) is 35.2 Å². The van der Waals surface area contributed by atoms with Gasteiger partial charge < -0.3 is 0 Å². The van der Waals surface area contributed by atoms with Crippen LogP contribution in [0.2, 0.25) is 5.15 Å². The first-order valence-electron chi connectivity index (χ1n) is 5.45. The van der Waals surface area contributed by atoms with Crippen LogP contribution < -0.4 is 4.72 Å². The maximum atomic E-state index is 12.1. The highest BCUT2D eigenvalue weighted by Crippen LogP contribution is 2.16. The largest absolute Gasteiger partial charge is 0.264 e. The second kappa shape index (κ2) is 5.45. The molecule has 8 heteroatoms. The number of nitrogens with zero attached hydrogens (tertiary/aromatic N) is 3. The molecule has 1 heterocycles. The Morgan fingerprint density at radius 3 is 2.45 bits per heavy atom. The SMILES string of the molecule is Cc1cc(Cl)nc(NS(=O)(=O)c2ccc(C#N)cc2)n1.